The molecule has 0 saturated carbocycles. The van der Waals surface area contributed by atoms with Crippen LogP contribution in [0.2, 0.25) is 0 Å². The number of Topliss-reactive ketones (excluding diaryl/α,β-unsaturated/α-hetero) is 1. The summed E-state index contributed by atoms with van der Waals surface area (Å²) >= 11 is 0. The first-order valence-electron chi connectivity index (χ1n) is 10.7. The van der Waals surface area contributed by atoms with Crippen molar-refractivity contribution in [3.63, 3.8) is 0 Å². The van der Waals surface area contributed by atoms with E-state index in [0.29, 0.717) is 30.7 Å². The molecule has 6 nitrogen and oxygen atoms in total. The fourth-order valence-corrected chi connectivity index (χ4v) is 4.57. The number of aliphatic hydroxyl groups is 1. The van der Waals surface area contributed by atoms with Crippen LogP contribution in [0.15, 0.2) is 48.0 Å². The molecule has 1 aliphatic carbocycles. The molecule has 2 aliphatic rings. The number of likely N-dealkylation sites (tertiary alicyclic amines) is 1. The van der Waals surface area contributed by atoms with Gasteiger partial charge < -0.3 is 19.8 Å². The molecule has 0 radical (unpaired) electrons. The number of phenols is 1. The summed E-state index contributed by atoms with van der Waals surface area (Å²) in [7, 11) is 1.58. The average molecular weight is 421 g/mol. The van der Waals surface area contributed by atoms with Crippen molar-refractivity contribution in [2.24, 2.45) is 0 Å². The van der Waals surface area contributed by atoms with Crippen LogP contribution >= 0.6 is 0 Å². The molecule has 162 valence electrons. The Morgan fingerprint density at radius 3 is 2.61 bits per heavy atom. The van der Waals surface area contributed by atoms with Crippen molar-refractivity contribution < 1.29 is 24.5 Å². The predicted octanol–water partition coefficient (Wildman–Crippen LogP) is 3.73. The van der Waals surface area contributed by atoms with Gasteiger partial charge in [0.15, 0.2) is 0 Å². The summed E-state index contributed by atoms with van der Waals surface area (Å²) in [5.41, 5.74) is 3.63. The van der Waals surface area contributed by atoms with Gasteiger partial charge in [-0.2, -0.15) is 0 Å². The maximum Gasteiger partial charge on any atom is 0.295 e. The fraction of sp³-hybridized carbons (Fsp3) is 0.360. The quantitative estimate of drug-likeness (QED) is 0.321. The highest BCUT2D eigenvalue weighted by molar-refractivity contribution is 6.46. The molecule has 0 spiro atoms. The van der Waals surface area contributed by atoms with Gasteiger partial charge in [-0.05, 0) is 67.0 Å². The number of benzene rings is 2. The van der Waals surface area contributed by atoms with Gasteiger partial charge in [0.1, 0.15) is 11.5 Å². The zero-order valence-electron chi connectivity index (χ0n) is 17.6. The Morgan fingerprint density at radius 2 is 1.87 bits per heavy atom. The molecule has 31 heavy (non-hydrogen) atoms. The fourth-order valence-electron chi connectivity index (χ4n) is 4.57. The van der Waals surface area contributed by atoms with Crippen molar-refractivity contribution in [2.75, 3.05) is 20.3 Å². The SMILES string of the molecule is COCCCN1C(=O)C(=O)/C(=C(\O)c2ccc3c(c2)CCCC3)C1c1cccc(O)c1. The second-order valence-corrected chi connectivity index (χ2v) is 8.12. The molecule has 1 heterocycles. The molecular formula is C25H27NO5. The highest BCUT2D eigenvalue weighted by Gasteiger charge is 2.45. The Bertz CT molecular complexity index is 1040. The largest absolute Gasteiger partial charge is 0.508 e. The van der Waals surface area contributed by atoms with Gasteiger partial charge in [0.25, 0.3) is 11.7 Å². The van der Waals surface area contributed by atoms with Crippen LogP contribution in [0.4, 0.5) is 0 Å². The molecule has 2 aromatic rings. The number of aromatic hydroxyl groups is 1. The molecule has 2 aromatic carbocycles. The molecule has 0 aromatic heterocycles. The Kier molecular flexibility index (Phi) is 6.09. The van der Waals surface area contributed by atoms with E-state index < -0.39 is 17.7 Å². The number of phenolic OH excluding ortho intramolecular Hbond substituents is 1. The monoisotopic (exact) mass is 421 g/mol. The first-order chi connectivity index (χ1) is 15.0. The van der Waals surface area contributed by atoms with E-state index in [1.165, 1.54) is 28.2 Å². The Labute approximate surface area is 181 Å². The van der Waals surface area contributed by atoms with E-state index in [1.54, 1.807) is 19.2 Å². The summed E-state index contributed by atoms with van der Waals surface area (Å²) in [6, 6.07) is 11.5. The summed E-state index contributed by atoms with van der Waals surface area (Å²) in [6.45, 7) is 0.750. The predicted molar refractivity (Wildman–Crippen MR) is 117 cm³/mol. The second kappa shape index (κ2) is 8.94. The van der Waals surface area contributed by atoms with Crippen molar-refractivity contribution in [2.45, 2.75) is 38.1 Å². The number of carbonyl (C=O) groups excluding carboxylic acids is 2. The third-order valence-electron chi connectivity index (χ3n) is 6.10. The number of nitrogens with zero attached hydrogens (tertiary/aromatic N) is 1. The minimum Gasteiger partial charge on any atom is -0.508 e. The van der Waals surface area contributed by atoms with Crippen LogP contribution in [0, 0.1) is 0 Å². The van der Waals surface area contributed by atoms with Gasteiger partial charge in [0.2, 0.25) is 0 Å². The van der Waals surface area contributed by atoms with E-state index in [1.807, 2.05) is 18.2 Å². The van der Waals surface area contributed by atoms with Crippen molar-refractivity contribution in [1.82, 2.24) is 4.90 Å². The lowest BCUT2D eigenvalue weighted by Crippen LogP contribution is -2.31. The van der Waals surface area contributed by atoms with Gasteiger partial charge in [-0.15, -0.1) is 0 Å². The third kappa shape index (κ3) is 4.08. The smallest absolute Gasteiger partial charge is 0.295 e. The maximum atomic E-state index is 13.0. The molecule has 1 atom stereocenters. The lowest BCUT2D eigenvalue weighted by atomic mass is 9.88. The molecule has 0 bridgehead atoms. The van der Waals surface area contributed by atoms with Crippen LogP contribution in [0.5, 0.6) is 5.75 Å². The maximum absolute atomic E-state index is 13.0. The average Bonchev–Trinajstić information content (AvgIpc) is 3.03. The molecule has 6 heteroatoms. The van der Waals surface area contributed by atoms with Crippen LogP contribution in [0.1, 0.15) is 47.6 Å². The number of rotatable bonds is 6. The van der Waals surface area contributed by atoms with Gasteiger partial charge in [-0.25, -0.2) is 0 Å². The number of fused-ring (bicyclic) bond motifs is 1. The van der Waals surface area contributed by atoms with Crippen molar-refractivity contribution in [3.8, 4) is 5.75 Å². The summed E-state index contributed by atoms with van der Waals surface area (Å²) < 4.78 is 5.10. The number of ketones is 1. The van der Waals surface area contributed by atoms with Gasteiger partial charge in [-0.3, -0.25) is 9.59 Å². The summed E-state index contributed by atoms with van der Waals surface area (Å²) in [6.07, 6.45) is 4.77. The zero-order valence-corrected chi connectivity index (χ0v) is 17.6. The van der Waals surface area contributed by atoms with Gasteiger partial charge >= 0.3 is 0 Å². The Hall–Kier alpha value is -3.12. The van der Waals surface area contributed by atoms with Crippen molar-refractivity contribution in [3.05, 3.63) is 70.3 Å². The van der Waals surface area contributed by atoms with E-state index in [4.69, 9.17) is 4.74 Å². The minimum atomic E-state index is -0.764. The summed E-state index contributed by atoms with van der Waals surface area (Å²) in [5, 5.41) is 21.2. The van der Waals surface area contributed by atoms with Gasteiger partial charge in [-0.1, -0.05) is 24.3 Å². The number of ether oxygens (including phenoxy) is 1. The van der Waals surface area contributed by atoms with E-state index >= 15 is 0 Å². The van der Waals surface area contributed by atoms with Crippen LogP contribution in [-0.2, 0) is 27.2 Å². The van der Waals surface area contributed by atoms with Crippen LogP contribution in [-0.4, -0.2) is 47.1 Å². The summed E-state index contributed by atoms with van der Waals surface area (Å²) in [4.78, 5) is 27.4. The molecule has 2 N–H and O–H groups in total. The number of methoxy groups -OCH3 is 1. The van der Waals surface area contributed by atoms with E-state index in [2.05, 4.69) is 0 Å². The lowest BCUT2D eigenvalue weighted by Gasteiger charge is -2.25. The molecule has 4 rings (SSSR count). The second-order valence-electron chi connectivity index (χ2n) is 8.12. The normalized spacial score (nSPS) is 20.2. The Morgan fingerprint density at radius 1 is 1.10 bits per heavy atom. The van der Waals surface area contributed by atoms with E-state index in [9.17, 15) is 19.8 Å². The standard InChI is InChI=1S/C25H27NO5/c1-31-13-5-12-26-22(18-8-4-9-20(27)15-18)21(24(29)25(26)30)23(28)19-11-10-16-6-2-3-7-17(16)14-19/h4,8-11,14-15,22,27-28H,2-3,5-7,12-13H2,1H3/b23-21-. The highest BCUT2D eigenvalue weighted by Crippen LogP contribution is 2.40. The molecular weight excluding hydrogens is 394 g/mol. The van der Waals surface area contributed by atoms with Crippen LogP contribution < -0.4 is 0 Å². The van der Waals surface area contributed by atoms with Crippen molar-refractivity contribution in [1.29, 1.82) is 0 Å². The van der Waals surface area contributed by atoms with Crippen LogP contribution in [0.25, 0.3) is 5.76 Å². The molecule has 1 unspecified atom stereocenters. The minimum absolute atomic E-state index is 0.0359. The topological polar surface area (TPSA) is 87.1 Å². The molecule has 1 aliphatic heterocycles. The molecule has 1 amide bonds. The Balaban J connectivity index is 1.81. The number of hydrogen-bond donors (Lipinski definition) is 2. The number of carbonyl (C=O) groups is 2. The van der Waals surface area contributed by atoms with E-state index in [0.717, 1.165) is 25.7 Å². The number of hydrogen-bond acceptors (Lipinski definition) is 5. The number of aliphatic hydroxyl groups excluding tert-OH is 1. The first-order valence-corrected chi connectivity index (χ1v) is 10.7. The lowest BCUT2D eigenvalue weighted by molar-refractivity contribution is -0.140. The van der Waals surface area contributed by atoms with Gasteiger partial charge in [0, 0.05) is 25.8 Å². The van der Waals surface area contributed by atoms with E-state index in [-0.39, 0.29) is 17.1 Å². The van der Waals surface area contributed by atoms with Gasteiger partial charge in [0.05, 0.1) is 11.6 Å². The number of amides is 1. The molecule has 1 fully saturated rings. The molecule has 1 saturated heterocycles. The number of aryl methyl sites for hydroxylation is 2. The zero-order chi connectivity index (χ0) is 22.0. The van der Waals surface area contributed by atoms with Crippen molar-refractivity contribution >= 4 is 17.4 Å². The summed E-state index contributed by atoms with van der Waals surface area (Å²) in [5.74, 6) is -1.49. The third-order valence-corrected chi connectivity index (χ3v) is 6.10. The highest BCUT2D eigenvalue weighted by atomic mass is 16.5. The first kappa shape index (κ1) is 21.1. The van der Waals surface area contributed by atoms with Crippen LogP contribution in [0.3, 0.4) is 0 Å².